The molecule has 1 fully saturated rings. The molecule has 1 aromatic rings. The van der Waals surface area contributed by atoms with Crippen molar-refractivity contribution in [3.05, 3.63) is 45.8 Å². The summed E-state index contributed by atoms with van der Waals surface area (Å²) in [5.74, 6) is 5.56. The Balaban J connectivity index is 1.70. The highest BCUT2D eigenvalue weighted by Crippen LogP contribution is 2.36. The number of hydrogen-bond donors (Lipinski definition) is 2. The number of fused-ring (bicyclic) bond motifs is 1. The number of nitrogens with zero attached hydrogens (tertiary/aromatic N) is 4. The second-order valence-corrected chi connectivity index (χ2v) is 8.08. The Morgan fingerprint density at radius 3 is 2.82 bits per heavy atom. The van der Waals surface area contributed by atoms with E-state index in [0.29, 0.717) is 13.1 Å². The molecule has 2 aliphatic rings. The van der Waals surface area contributed by atoms with Crippen LogP contribution in [0.25, 0.3) is 10.4 Å². The average molecular weight is 387 g/mol. The standard InChI is InChI=1S/C20H30N6O2/c1-19(14-24-25-21)17-8-4-3-7-16(17)9-12-26(19)18(27)13-23-15-20(28-22)10-5-2-6-11-20/h3-4,7-8,23H,2,5-6,9-15,22H2,1H3. The summed E-state index contributed by atoms with van der Waals surface area (Å²) in [7, 11) is 0. The van der Waals surface area contributed by atoms with Crippen LogP contribution in [0.15, 0.2) is 29.4 Å². The maximum absolute atomic E-state index is 13.1. The molecule has 3 rings (SSSR count). The molecule has 1 aliphatic heterocycles. The van der Waals surface area contributed by atoms with Crippen LogP contribution in [0.4, 0.5) is 0 Å². The highest BCUT2D eigenvalue weighted by molar-refractivity contribution is 5.80. The number of azide groups is 1. The first kappa shape index (κ1) is 20.6. The van der Waals surface area contributed by atoms with E-state index in [0.717, 1.165) is 37.7 Å². The number of carbonyl (C=O) groups is 1. The molecule has 1 heterocycles. The van der Waals surface area contributed by atoms with E-state index in [4.69, 9.17) is 16.3 Å². The van der Waals surface area contributed by atoms with E-state index in [9.17, 15) is 4.79 Å². The molecule has 8 nitrogen and oxygen atoms in total. The third-order valence-electron chi connectivity index (χ3n) is 6.28. The molecule has 152 valence electrons. The van der Waals surface area contributed by atoms with Gasteiger partial charge in [0.05, 0.1) is 18.6 Å². The van der Waals surface area contributed by atoms with Crippen LogP contribution in [0, 0.1) is 0 Å². The molecule has 3 N–H and O–H groups in total. The topological polar surface area (TPSA) is 116 Å². The van der Waals surface area contributed by atoms with Crippen LogP contribution < -0.4 is 11.2 Å². The fraction of sp³-hybridized carbons (Fsp3) is 0.650. The predicted molar refractivity (Wildman–Crippen MR) is 107 cm³/mol. The SMILES string of the molecule is CC1(CN=[N+]=[N-])c2ccccc2CCN1C(=O)CNCC1(ON)CCCCC1. The van der Waals surface area contributed by atoms with Crippen LogP contribution in [0.1, 0.15) is 50.2 Å². The molecule has 28 heavy (non-hydrogen) atoms. The summed E-state index contributed by atoms with van der Waals surface area (Å²) in [5.41, 5.74) is 10.1. The summed E-state index contributed by atoms with van der Waals surface area (Å²) in [5, 5.41) is 7.07. The fourth-order valence-corrected chi connectivity index (χ4v) is 4.65. The van der Waals surface area contributed by atoms with E-state index in [2.05, 4.69) is 21.4 Å². The van der Waals surface area contributed by atoms with Gasteiger partial charge in [0, 0.05) is 18.0 Å². The van der Waals surface area contributed by atoms with Gasteiger partial charge in [-0.1, -0.05) is 48.6 Å². The minimum atomic E-state index is -0.646. The molecule has 1 atom stereocenters. The molecule has 8 heteroatoms. The zero-order valence-electron chi connectivity index (χ0n) is 16.6. The Labute approximate surface area is 166 Å². The van der Waals surface area contributed by atoms with Crippen LogP contribution in [0.5, 0.6) is 0 Å². The molecular weight excluding hydrogens is 356 g/mol. The Bertz CT molecular complexity index is 742. The van der Waals surface area contributed by atoms with Crippen molar-refractivity contribution in [2.75, 3.05) is 26.2 Å². The van der Waals surface area contributed by atoms with Gasteiger partial charge in [0.25, 0.3) is 0 Å². The lowest BCUT2D eigenvalue weighted by molar-refractivity contribution is -0.137. The van der Waals surface area contributed by atoms with E-state index in [1.54, 1.807) is 0 Å². The first-order valence-corrected chi connectivity index (χ1v) is 10.0. The minimum absolute atomic E-state index is 0.00637. The van der Waals surface area contributed by atoms with Gasteiger partial charge >= 0.3 is 0 Å². The maximum atomic E-state index is 13.1. The summed E-state index contributed by atoms with van der Waals surface area (Å²) >= 11 is 0. The van der Waals surface area contributed by atoms with Gasteiger partial charge in [0.15, 0.2) is 0 Å². The van der Waals surface area contributed by atoms with Crippen molar-refractivity contribution in [1.82, 2.24) is 10.2 Å². The lowest BCUT2D eigenvalue weighted by Gasteiger charge is -2.46. The lowest BCUT2D eigenvalue weighted by Crippen LogP contribution is -2.56. The summed E-state index contributed by atoms with van der Waals surface area (Å²) in [6.45, 7) is 3.56. The summed E-state index contributed by atoms with van der Waals surface area (Å²) in [4.78, 5) is 23.1. The van der Waals surface area contributed by atoms with Gasteiger partial charge in [-0.25, -0.2) is 5.90 Å². The molecule has 1 aliphatic carbocycles. The third-order valence-corrected chi connectivity index (χ3v) is 6.28. The third kappa shape index (κ3) is 4.15. The fourth-order valence-electron chi connectivity index (χ4n) is 4.65. The molecule has 1 aromatic carbocycles. The van der Waals surface area contributed by atoms with Crippen LogP contribution in [0.3, 0.4) is 0 Å². The van der Waals surface area contributed by atoms with Crippen LogP contribution in [-0.2, 0) is 21.6 Å². The largest absolute Gasteiger partial charge is 0.332 e. The van der Waals surface area contributed by atoms with Crippen molar-refractivity contribution in [3.63, 3.8) is 0 Å². The van der Waals surface area contributed by atoms with Crippen LogP contribution >= 0.6 is 0 Å². The number of nitrogens with two attached hydrogens (primary N) is 1. The van der Waals surface area contributed by atoms with Gasteiger partial charge in [-0.15, -0.1) is 0 Å². The Morgan fingerprint density at radius 2 is 2.11 bits per heavy atom. The number of nitrogens with one attached hydrogen (secondary N) is 1. The van der Waals surface area contributed by atoms with E-state index < -0.39 is 5.54 Å². The van der Waals surface area contributed by atoms with Gasteiger partial charge < -0.3 is 10.2 Å². The molecule has 1 saturated carbocycles. The molecule has 0 bridgehead atoms. The number of amides is 1. The summed E-state index contributed by atoms with van der Waals surface area (Å²) in [6, 6.07) is 8.07. The summed E-state index contributed by atoms with van der Waals surface area (Å²) in [6.07, 6.45) is 6.02. The molecule has 0 aromatic heterocycles. The smallest absolute Gasteiger partial charge is 0.237 e. The zero-order chi connectivity index (χ0) is 20.0. The Kier molecular flexibility index (Phi) is 6.57. The van der Waals surface area contributed by atoms with E-state index in [1.807, 2.05) is 30.0 Å². The van der Waals surface area contributed by atoms with Gasteiger partial charge in [-0.2, -0.15) is 0 Å². The molecule has 0 radical (unpaired) electrons. The van der Waals surface area contributed by atoms with Gasteiger partial charge in [0.1, 0.15) is 5.60 Å². The first-order valence-electron chi connectivity index (χ1n) is 10.0. The predicted octanol–water partition coefficient (Wildman–Crippen LogP) is 2.78. The monoisotopic (exact) mass is 386 g/mol. The summed E-state index contributed by atoms with van der Waals surface area (Å²) < 4.78 is 0. The van der Waals surface area contributed by atoms with Crippen molar-refractivity contribution >= 4 is 5.91 Å². The van der Waals surface area contributed by atoms with Crippen LogP contribution in [0.2, 0.25) is 0 Å². The number of carbonyl (C=O) groups excluding carboxylic acids is 1. The van der Waals surface area contributed by atoms with Crippen molar-refractivity contribution in [3.8, 4) is 0 Å². The highest BCUT2D eigenvalue weighted by atomic mass is 16.6. The number of benzene rings is 1. The Morgan fingerprint density at radius 1 is 1.36 bits per heavy atom. The lowest BCUT2D eigenvalue weighted by atomic mass is 9.81. The molecule has 1 amide bonds. The quantitative estimate of drug-likeness (QED) is 0.324. The highest BCUT2D eigenvalue weighted by Gasteiger charge is 2.40. The average Bonchev–Trinajstić information content (AvgIpc) is 2.73. The molecule has 1 unspecified atom stereocenters. The maximum Gasteiger partial charge on any atom is 0.237 e. The second-order valence-electron chi connectivity index (χ2n) is 8.08. The van der Waals surface area contributed by atoms with E-state index in [1.165, 1.54) is 12.0 Å². The van der Waals surface area contributed by atoms with Crippen molar-refractivity contribution in [2.45, 2.75) is 56.6 Å². The molecule has 0 saturated heterocycles. The van der Waals surface area contributed by atoms with Gasteiger partial charge in [-0.05, 0) is 42.8 Å². The van der Waals surface area contributed by atoms with Gasteiger partial charge in [-0.3, -0.25) is 9.63 Å². The first-order chi connectivity index (χ1) is 13.5. The Hall–Kier alpha value is -2.12. The van der Waals surface area contributed by atoms with E-state index >= 15 is 0 Å². The zero-order valence-corrected chi connectivity index (χ0v) is 16.6. The normalized spacial score (nSPS) is 23.6. The number of rotatable bonds is 7. The van der Waals surface area contributed by atoms with Gasteiger partial charge in [0.2, 0.25) is 5.91 Å². The van der Waals surface area contributed by atoms with Crippen LogP contribution in [-0.4, -0.2) is 42.6 Å². The molecular formula is C20H30N6O2. The minimum Gasteiger partial charge on any atom is -0.332 e. The van der Waals surface area contributed by atoms with Crippen molar-refractivity contribution in [2.24, 2.45) is 11.0 Å². The second kappa shape index (κ2) is 8.92. The van der Waals surface area contributed by atoms with Crippen molar-refractivity contribution in [1.29, 1.82) is 0 Å². The molecule has 0 spiro atoms. The van der Waals surface area contributed by atoms with E-state index in [-0.39, 0.29) is 24.6 Å². The number of hydrogen-bond acceptors (Lipinski definition) is 5. The van der Waals surface area contributed by atoms with Crippen molar-refractivity contribution < 1.29 is 9.63 Å².